The monoisotopic (exact) mass is 453 g/mol. The maximum atomic E-state index is 13.6. The van der Waals surface area contributed by atoms with Gasteiger partial charge in [0.25, 0.3) is 5.91 Å². The third-order valence-electron chi connectivity index (χ3n) is 6.24. The van der Waals surface area contributed by atoms with Crippen LogP contribution in [0.5, 0.6) is 11.6 Å². The normalized spacial score (nSPS) is 15.8. The molecule has 2 aromatic carbocycles. The number of hydrogen-bond donors (Lipinski definition) is 0. The second-order valence-electron chi connectivity index (χ2n) is 8.55. The van der Waals surface area contributed by atoms with Crippen LogP contribution in [0.15, 0.2) is 79.4 Å². The van der Waals surface area contributed by atoms with Crippen LogP contribution in [0.1, 0.15) is 46.2 Å². The van der Waals surface area contributed by atoms with Crippen LogP contribution in [0, 0.1) is 6.92 Å². The minimum atomic E-state index is 0.0581. The molecule has 7 heteroatoms. The maximum Gasteiger partial charge on any atom is 0.254 e. The highest BCUT2D eigenvalue weighted by molar-refractivity contribution is 5.95. The Morgan fingerprint density at radius 1 is 1.09 bits per heavy atom. The zero-order valence-electron chi connectivity index (χ0n) is 19.2. The Morgan fingerprint density at radius 3 is 2.74 bits per heavy atom. The van der Waals surface area contributed by atoms with Crippen LogP contribution >= 0.6 is 0 Å². The summed E-state index contributed by atoms with van der Waals surface area (Å²) >= 11 is 0. The number of aromatic nitrogens is 4. The average Bonchev–Trinajstić information content (AvgIpc) is 3.29. The van der Waals surface area contributed by atoms with Crippen LogP contribution in [0.2, 0.25) is 0 Å². The number of carbonyl (C=O) groups excluding carboxylic acids is 1. The lowest BCUT2D eigenvalue weighted by molar-refractivity contribution is 0.0704. The first-order chi connectivity index (χ1) is 16.7. The molecule has 2 aromatic heterocycles. The standard InChI is InChI=1S/C27H27N5O2/c1-20-29-13-15-31(20)18-21-8-5-6-12-24(21)27(33)32-14-7-9-22(19-32)25-16-28-17-26(30-25)34-23-10-3-2-4-11-23/h2-6,8,10-13,15-17,22H,7,9,14,18-19H2,1H3/t22-/m0/s1. The van der Waals surface area contributed by atoms with Crippen molar-refractivity contribution in [2.45, 2.75) is 32.2 Å². The zero-order chi connectivity index (χ0) is 23.3. The van der Waals surface area contributed by atoms with E-state index in [0.29, 0.717) is 19.0 Å². The molecule has 1 saturated heterocycles. The van der Waals surface area contributed by atoms with Gasteiger partial charge in [0.05, 0.1) is 11.9 Å². The molecule has 0 spiro atoms. The van der Waals surface area contributed by atoms with Crippen LogP contribution < -0.4 is 4.74 Å². The van der Waals surface area contributed by atoms with Crippen molar-refractivity contribution in [3.8, 4) is 11.6 Å². The summed E-state index contributed by atoms with van der Waals surface area (Å²) in [7, 11) is 0. The predicted octanol–water partition coefficient (Wildman–Crippen LogP) is 4.84. The van der Waals surface area contributed by atoms with E-state index in [1.54, 1.807) is 18.6 Å². The summed E-state index contributed by atoms with van der Waals surface area (Å²) in [5.41, 5.74) is 2.59. The lowest BCUT2D eigenvalue weighted by Gasteiger charge is -2.33. The number of ether oxygens (including phenoxy) is 1. The van der Waals surface area contributed by atoms with Gasteiger partial charge in [-0.25, -0.2) is 9.97 Å². The van der Waals surface area contributed by atoms with Gasteiger partial charge in [-0.05, 0) is 43.5 Å². The van der Waals surface area contributed by atoms with E-state index in [9.17, 15) is 4.79 Å². The summed E-state index contributed by atoms with van der Waals surface area (Å²) in [6, 6.07) is 17.4. The molecule has 0 N–H and O–H groups in total. The van der Waals surface area contributed by atoms with Gasteiger partial charge in [-0.1, -0.05) is 36.4 Å². The van der Waals surface area contributed by atoms with Crippen LogP contribution in [0.3, 0.4) is 0 Å². The number of benzene rings is 2. The number of aryl methyl sites for hydroxylation is 1. The van der Waals surface area contributed by atoms with Gasteiger partial charge in [0, 0.05) is 49.7 Å². The molecule has 1 aliphatic heterocycles. The minimum Gasteiger partial charge on any atom is -0.437 e. The molecule has 5 rings (SSSR count). The van der Waals surface area contributed by atoms with Crippen LogP contribution in [-0.2, 0) is 6.54 Å². The van der Waals surface area contributed by atoms with Crippen molar-refractivity contribution in [2.24, 2.45) is 0 Å². The number of likely N-dealkylation sites (tertiary alicyclic amines) is 1. The van der Waals surface area contributed by atoms with Crippen LogP contribution in [-0.4, -0.2) is 43.4 Å². The number of imidazole rings is 1. The Bertz CT molecular complexity index is 1270. The molecule has 0 aliphatic carbocycles. The molecular formula is C27H27N5O2. The number of carbonyl (C=O) groups is 1. The molecule has 1 fully saturated rings. The third kappa shape index (κ3) is 4.83. The lowest BCUT2D eigenvalue weighted by atomic mass is 9.94. The van der Waals surface area contributed by atoms with Gasteiger partial charge in [0.2, 0.25) is 5.88 Å². The molecule has 0 unspecified atom stereocenters. The lowest BCUT2D eigenvalue weighted by Crippen LogP contribution is -2.39. The smallest absolute Gasteiger partial charge is 0.254 e. The van der Waals surface area contributed by atoms with Crippen molar-refractivity contribution in [3.63, 3.8) is 0 Å². The van der Waals surface area contributed by atoms with Gasteiger partial charge in [0.1, 0.15) is 11.6 Å². The highest BCUT2D eigenvalue weighted by Gasteiger charge is 2.28. The molecule has 1 aliphatic rings. The van der Waals surface area contributed by atoms with Gasteiger partial charge in [0.15, 0.2) is 0 Å². The molecule has 3 heterocycles. The maximum absolute atomic E-state index is 13.6. The SMILES string of the molecule is Cc1nccn1Cc1ccccc1C(=O)N1CCC[C@H](c2cncc(Oc3ccccc3)n2)C1. The van der Waals surface area contributed by atoms with E-state index in [4.69, 9.17) is 9.72 Å². The fourth-order valence-corrected chi connectivity index (χ4v) is 4.41. The minimum absolute atomic E-state index is 0.0581. The Kier molecular flexibility index (Phi) is 6.33. The number of piperidine rings is 1. The van der Waals surface area contributed by atoms with Gasteiger partial charge in [-0.2, -0.15) is 0 Å². The fourth-order valence-electron chi connectivity index (χ4n) is 4.41. The van der Waals surface area contributed by atoms with Crippen molar-refractivity contribution in [1.29, 1.82) is 0 Å². The summed E-state index contributed by atoms with van der Waals surface area (Å²) < 4.78 is 7.92. The van der Waals surface area contributed by atoms with Crippen molar-refractivity contribution in [3.05, 3.63) is 102 Å². The quantitative estimate of drug-likeness (QED) is 0.418. The van der Waals surface area contributed by atoms with Crippen LogP contribution in [0.4, 0.5) is 0 Å². The number of rotatable bonds is 6. The molecule has 1 amide bonds. The molecule has 4 aromatic rings. The molecule has 172 valence electrons. The van der Waals surface area contributed by atoms with E-state index in [1.165, 1.54) is 0 Å². The average molecular weight is 454 g/mol. The fraction of sp³-hybridized carbons (Fsp3) is 0.259. The van der Waals surface area contributed by atoms with E-state index in [0.717, 1.165) is 47.8 Å². The largest absolute Gasteiger partial charge is 0.437 e. The van der Waals surface area contributed by atoms with E-state index in [-0.39, 0.29) is 11.8 Å². The summed E-state index contributed by atoms with van der Waals surface area (Å²) in [4.78, 5) is 28.9. The summed E-state index contributed by atoms with van der Waals surface area (Å²) in [5.74, 6) is 2.29. The van der Waals surface area contributed by atoms with E-state index >= 15 is 0 Å². The topological polar surface area (TPSA) is 73.1 Å². The second kappa shape index (κ2) is 9.87. The van der Waals surface area contributed by atoms with Crippen molar-refractivity contribution in [1.82, 2.24) is 24.4 Å². The third-order valence-corrected chi connectivity index (χ3v) is 6.24. The number of hydrogen-bond acceptors (Lipinski definition) is 5. The number of nitrogens with zero attached hydrogens (tertiary/aromatic N) is 5. The molecule has 34 heavy (non-hydrogen) atoms. The highest BCUT2D eigenvalue weighted by Crippen LogP contribution is 2.29. The van der Waals surface area contributed by atoms with E-state index < -0.39 is 0 Å². The van der Waals surface area contributed by atoms with E-state index in [2.05, 4.69) is 14.5 Å². The first-order valence-corrected chi connectivity index (χ1v) is 11.6. The Labute approximate surface area is 199 Å². The number of amides is 1. The van der Waals surface area contributed by atoms with Gasteiger partial charge in [-0.15, -0.1) is 0 Å². The molecule has 0 saturated carbocycles. The van der Waals surface area contributed by atoms with Gasteiger partial charge < -0.3 is 14.2 Å². The second-order valence-corrected chi connectivity index (χ2v) is 8.55. The zero-order valence-corrected chi connectivity index (χ0v) is 19.2. The summed E-state index contributed by atoms with van der Waals surface area (Å²) in [6.07, 6.45) is 9.01. The number of para-hydroxylation sites is 1. The van der Waals surface area contributed by atoms with Gasteiger partial charge in [-0.3, -0.25) is 9.78 Å². The predicted molar refractivity (Wildman–Crippen MR) is 129 cm³/mol. The summed E-state index contributed by atoms with van der Waals surface area (Å²) in [5, 5.41) is 0. The molecule has 0 radical (unpaired) electrons. The molecular weight excluding hydrogens is 426 g/mol. The molecule has 0 bridgehead atoms. The first kappa shape index (κ1) is 21.8. The first-order valence-electron chi connectivity index (χ1n) is 11.6. The molecule has 1 atom stereocenters. The van der Waals surface area contributed by atoms with Gasteiger partial charge >= 0.3 is 0 Å². The van der Waals surface area contributed by atoms with Crippen LogP contribution in [0.25, 0.3) is 0 Å². The Morgan fingerprint density at radius 2 is 1.91 bits per heavy atom. The summed E-state index contributed by atoms with van der Waals surface area (Å²) in [6.45, 7) is 3.94. The highest BCUT2D eigenvalue weighted by atomic mass is 16.5. The van der Waals surface area contributed by atoms with Crippen molar-refractivity contribution in [2.75, 3.05) is 13.1 Å². The van der Waals surface area contributed by atoms with Crippen molar-refractivity contribution < 1.29 is 9.53 Å². The molecule has 7 nitrogen and oxygen atoms in total. The Balaban J connectivity index is 1.32. The van der Waals surface area contributed by atoms with Crippen molar-refractivity contribution >= 4 is 5.91 Å². The Hall–Kier alpha value is -4.00. The van der Waals surface area contributed by atoms with E-state index in [1.807, 2.05) is 72.6 Å².